The lowest BCUT2D eigenvalue weighted by Crippen LogP contribution is -2.42. The number of hydrogen-bond donors (Lipinski definition) is 1. The van der Waals surface area contributed by atoms with Crippen LogP contribution in [0.1, 0.15) is 11.1 Å². The zero-order valence-electron chi connectivity index (χ0n) is 11.0. The van der Waals surface area contributed by atoms with Gasteiger partial charge in [0.25, 0.3) is 0 Å². The highest BCUT2D eigenvalue weighted by molar-refractivity contribution is 7.89. The molecule has 0 unspecified atom stereocenters. The molecule has 1 aliphatic rings. The van der Waals surface area contributed by atoms with Crippen molar-refractivity contribution >= 4 is 26.5 Å². The fourth-order valence-electron chi connectivity index (χ4n) is 2.14. The Kier molecular flexibility index (Phi) is 3.98. The smallest absolute Gasteiger partial charge is 0.245 e. The minimum absolute atomic E-state index is 0.195. The molecular formula is C12H18N2O3S2. The summed E-state index contributed by atoms with van der Waals surface area (Å²) in [4.78, 5) is 0.195. The zero-order chi connectivity index (χ0) is 14.2. The molecule has 0 radical (unpaired) electrons. The number of nitrogens with two attached hydrogens (primary N) is 1. The normalized spacial score (nSPS) is 18.6. The van der Waals surface area contributed by atoms with Gasteiger partial charge in [-0.1, -0.05) is 12.1 Å². The van der Waals surface area contributed by atoms with Crippen LogP contribution in [0.4, 0.5) is 5.69 Å². The highest BCUT2D eigenvalue weighted by Gasteiger charge is 2.31. The summed E-state index contributed by atoms with van der Waals surface area (Å²) in [5, 5.41) is 0. The van der Waals surface area contributed by atoms with Crippen molar-refractivity contribution in [2.45, 2.75) is 18.7 Å². The number of rotatable bonds is 2. The quantitative estimate of drug-likeness (QED) is 0.813. The molecule has 1 fully saturated rings. The maximum atomic E-state index is 12.6. The van der Waals surface area contributed by atoms with Gasteiger partial charge in [0, 0.05) is 35.4 Å². The van der Waals surface area contributed by atoms with E-state index in [1.165, 1.54) is 4.31 Å². The van der Waals surface area contributed by atoms with E-state index in [0.29, 0.717) is 35.8 Å². The van der Waals surface area contributed by atoms with Crippen LogP contribution in [0.15, 0.2) is 17.0 Å². The molecule has 1 aromatic rings. The second-order valence-corrected chi connectivity index (χ2v) is 8.27. The lowest BCUT2D eigenvalue weighted by Gasteiger charge is -2.27. The van der Waals surface area contributed by atoms with Crippen molar-refractivity contribution in [2.24, 2.45) is 0 Å². The molecule has 2 rings (SSSR count). The molecule has 1 saturated heterocycles. The van der Waals surface area contributed by atoms with E-state index in [1.54, 1.807) is 19.9 Å². The summed E-state index contributed by atoms with van der Waals surface area (Å²) < 4.78 is 38.0. The van der Waals surface area contributed by atoms with Crippen molar-refractivity contribution in [2.75, 3.05) is 30.3 Å². The van der Waals surface area contributed by atoms with E-state index in [1.807, 2.05) is 6.07 Å². The number of benzene rings is 1. The van der Waals surface area contributed by atoms with E-state index in [2.05, 4.69) is 0 Å². The standard InChI is InChI=1S/C12H18N2O3S2/c1-9-3-4-10(2)12(11(9)13)19(16,17)14-5-7-18(15)8-6-14/h3-4H,5-8,13H2,1-2H3. The summed E-state index contributed by atoms with van der Waals surface area (Å²) >= 11 is 0. The van der Waals surface area contributed by atoms with Gasteiger partial charge in [-0.2, -0.15) is 4.31 Å². The Bertz CT molecular complexity index is 616. The summed E-state index contributed by atoms with van der Waals surface area (Å²) in [6.07, 6.45) is 0. The molecule has 0 amide bonds. The molecule has 106 valence electrons. The van der Waals surface area contributed by atoms with Gasteiger partial charge in [0.1, 0.15) is 4.90 Å². The van der Waals surface area contributed by atoms with Gasteiger partial charge < -0.3 is 5.73 Å². The van der Waals surface area contributed by atoms with Crippen molar-refractivity contribution in [3.05, 3.63) is 23.3 Å². The van der Waals surface area contributed by atoms with E-state index >= 15 is 0 Å². The Morgan fingerprint density at radius 3 is 2.26 bits per heavy atom. The lowest BCUT2D eigenvalue weighted by atomic mass is 10.1. The predicted molar refractivity (Wildman–Crippen MR) is 77.0 cm³/mol. The number of sulfonamides is 1. The van der Waals surface area contributed by atoms with Gasteiger partial charge in [-0.3, -0.25) is 4.21 Å². The highest BCUT2D eigenvalue weighted by Crippen LogP contribution is 2.29. The number of anilines is 1. The van der Waals surface area contributed by atoms with Gasteiger partial charge in [-0.25, -0.2) is 8.42 Å². The Morgan fingerprint density at radius 1 is 1.16 bits per heavy atom. The van der Waals surface area contributed by atoms with Crippen molar-refractivity contribution in [3.8, 4) is 0 Å². The molecular weight excluding hydrogens is 284 g/mol. The number of nitrogen functional groups attached to an aromatic ring is 1. The summed E-state index contributed by atoms with van der Waals surface area (Å²) in [6, 6.07) is 3.58. The van der Waals surface area contributed by atoms with Crippen LogP contribution in [0.5, 0.6) is 0 Å². The summed E-state index contributed by atoms with van der Waals surface area (Å²) in [5.41, 5.74) is 7.65. The zero-order valence-corrected chi connectivity index (χ0v) is 12.7. The average Bonchev–Trinajstić information content (AvgIpc) is 2.34. The SMILES string of the molecule is Cc1ccc(C)c(S(=O)(=O)N2CCS(=O)CC2)c1N. The molecule has 1 aromatic carbocycles. The third kappa shape index (κ3) is 2.68. The largest absolute Gasteiger partial charge is 0.397 e. The van der Waals surface area contributed by atoms with Crippen molar-refractivity contribution in [1.29, 1.82) is 0 Å². The van der Waals surface area contributed by atoms with Gasteiger partial charge >= 0.3 is 0 Å². The first-order valence-electron chi connectivity index (χ1n) is 6.05. The second kappa shape index (κ2) is 5.22. The molecule has 19 heavy (non-hydrogen) atoms. The van der Waals surface area contributed by atoms with Crippen LogP contribution in [0.25, 0.3) is 0 Å². The van der Waals surface area contributed by atoms with Crippen LogP contribution < -0.4 is 5.73 Å². The number of hydrogen-bond acceptors (Lipinski definition) is 4. The van der Waals surface area contributed by atoms with Crippen LogP contribution in [0.2, 0.25) is 0 Å². The molecule has 1 heterocycles. The van der Waals surface area contributed by atoms with E-state index in [-0.39, 0.29) is 4.90 Å². The highest BCUT2D eigenvalue weighted by atomic mass is 32.2. The molecule has 7 heteroatoms. The monoisotopic (exact) mass is 302 g/mol. The molecule has 0 aromatic heterocycles. The fraction of sp³-hybridized carbons (Fsp3) is 0.500. The van der Waals surface area contributed by atoms with Gasteiger partial charge in [0.05, 0.1) is 5.69 Å². The van der Waals surface area contributed by atoms with E-state index in [4.69, 9.17) is 5.73 Å². The lowest BCUT2D eigenvalue weighted by molar-refractivity contribution is 0.438. The summed E-state index contributed by atoms with van der Waals surface area (Å²) in [7, 11) is -4.50. The Labute approximate surface area is 116 Å². The van der Waals surface area contributed by atoms with Crippen LogP contribution in [-0.4, -0.2) is 41.5 Å². The van der Waals surface area contributed by atoms with Crippen molar-refractivity contribution < 1.29 is 12.6 Å². The van der Waals surface area contributed by atoms with Crippen molar-refractivity contribution in [3.63, 3.8) is 0 Å². The molecule has 0 aliphatic carbocycles. The van der Waals surface area contributed by atoms with Crippen LogP contribution in [0, 0.1) is 13.8 Å². The molecule has 0 bridgehead atoms. The molecule has 0 saturated carbocycles. The van der Waals surface area contributed by atoms with E-state index in [0.717, 1.165) is 5.56 Å². The third-order valence-electron chi connectivity index (χ3n) is 3.35. The van der Waals surface area contributed by atoms with E-state index in [9.17, 15) is 12.6 Å². The maximum Gasteiger partial charge on any atom is 0.245 e. The Morgan fingerprint density at radius 2 is 1.68 bits per heavy atom. The molecule has 2 N–H and O–H groups in total. The first-order chi connectivity index (χ1) is 8.84. The second-order valence-electron chi connectivity index (χ2n) is 4.69. The first-order valence-corrected chi connectivity index (χ1v) is 8.97. The first kappa shape index (κ1) is 14.5. The molecule has 0 atom stereocenters. The van der Waals surface area contributed by atoms with Crippen LogP contribution in [-0.2, 0) is 20.8 Å². The van der Waals surface area contributed by atoms with E-state index < -0.39 is 20.8 Å². The summed E-state index contributed by atoms with van der Waals surface area (Å²) in [5.74, 6) is 0.786. The molecule has 0 spiro atoms. The summed E-state index contributed by atoms with van der Waals surface area (Å²) in [6.45, 7) is 4.12. The van der Waals surface area contributed by atoms with Crippen LogP contribution >= 0.6 is 0 Å². The van der Waals surface area contributed by atoms with Gasteiger partial charge in [-0.15, -0.1) is 0 Å². The molecule has 1 aliphatic heterocycles. The van der Waals surface area contributed by atoms with Gasteiger partial charge in [-0.05, 0) is 25.0 Å². The fourth-order valence-corrected chi connectivity index (χ4v) is 5.26. The minimum atomic E-state index is -3.60. The van der Waals surface area contributed by atoms with Crippen molar-refractivity contribution in [1.82, 2.24) is 4.31 Å². The number of nitrogens with zero attached hydrogens (tertiary/aromatic N) is 1. The molecule has 5 nitrogen and oxygen atoms in total. The Balaban J connectivity index is 2.46. The van der Waals surface area contributed by atoms with Gasteiger partial charge in [0.2, 0.25) is 10.0 Å². The topological polar surface area (TPSA) is 80.5 Å². The predicted octanol–water partition coefficient (Wildman–Crippen LogP) is 0.639. The average molecular weight is 302 g/mol. The van der Waals surface area contributed by atoms with Gasteiger partial charge in [0.15, 0.2) is 0 Å². The maximum absolute atomic E-state index is 12.6. The Hall–Kier alpha value is -0.920. The number of aryl methyl sites for hydroxylation is 2. The minimum Gasteiger partial charge on any atom is -0.397 e. The third-order valence-corrected chi connectivity index (χ3v) is 6.72. The van der Waals surface area contributed by atoms with Crippen LogP contribution in [0.3, 0.4) is 0 Å².